The predicted octanol–water partition coefficient (Wildman–Crippen LogP) is 7.84. The highest BCUT2D eigenvalue weighted by Gasteiger charge is 2.52. The second kappa shape index (κ2) is 24.6. The Labute approximate surface area is 431 Å². The number of ether oxygens (including phenoxy) is 2. The van der Waals surface area contributed by atoms with E-state index in [1.165, 1.54) is 34.4 Å². The topological polar surface area (TPSA) is 264 Å². The van der Waals surface area contributed by atoms with E-state index in [1.54, 1.807) is 67.6 Å². The molecule has 8 rings (SSSR count). The molecule has 3 N–H and O–H groups in total. The summed E-state index contributed by atoms with van der Waals surface area (Å²) >= 11 is 6.07. The molecule has 22 nitrogen and oxygen atoms in total. The quantitative estimate of drug-likeness (QED) is 0.0407. The molecule has 10 atom stereocenters. The molecule has 0 bridgehead atoms. The first-order valence-electron chi connectivity index (χ1n) is 23.7. The van der Waals surface area contributed by atoms with E-state index < -0.39 is 76.2 Å². The van der Waals surface area contributed by atoms with Gasteiger partial charge in [0.05, 0.1) is 57.0 Å². The van der Waals surface area contributed by atoms with Crippen LogP contribution >= 0.6 is 15.2 Å². The number of benzene rings is 2. The molecule has 74 heavy (non-hydrogen) atoms. The fourth-order valence-electron chi connectivity index (χ4n) is 8.46. The van der Waals surface area contributed by atoms with E-state index in [2.05, 4.69) is 51.7 Å². The molecule has 2 aliphatic rings. The number of carbonyl (C=O) groups excluding carboxylic acids is 2. The van der Waals surface area contributed by atoms with Crippen LogP contribution in [-0.2, 0) is 39.4 Å². The van der Waals surface area contributed by atoms with Gasteiger partial charge in [0.1, 0.15) is 31.0 Å². The summed E-state index contributed by atoms with van der Waals surface area (Å²) in [5, 5.41) is 27.5. The minimum atomic E-state index is -3.86. The molecule has 4 aromatic heterocycles. The van der Waals surface area contributed by atoms with Crippen molar-refractivity contribution in [2.24, 2.45) is 0 Å². The molecule has 0 aliphatic carbocycles. The maximum Gasteiger partial charge on any atom is 0.261 e. The zero-order valence-corrected chi connectivity index (χ0v) is 43.4. The third kappa shape index (κ3) is 12.1. The van der Waals surface area contributed by atoms with Gasteiger partial charge in [-0.15, -0.1) is 0 Å². The molecular formula is C47H54F2N14O8P2S. The second-order valence-corrected chi connectivity index (χ2v) is 22.1. The van der Waals surface area contributed by atoms with Gasteiger partial charge in [-0.25, -0.2) is 48.4 Å². The van der Waals surface area contributed by atoms with E-state index in [0.717, 1.165) is 0 Å². The summed E-state index contributed by atoms with van der Waals surface area (Å²) in [5.74, 6) is -0.705. The molecular weight excluding hydrogens is 1020 g/mol. The van der Waals surface area contributed by atoms with Crippen LogP contribution in [0.2, 0.25) is 0 Å². The summed E-state index contributed by atoms with van der Waals surface area (Å²) in [5.41, 5.74) is 1.41. The summed E-state index contributed by atoms with van der Waals surface area (Å²) in [4.78, 5) is 52.3. The van der Waals surface area contributed by atoms with Gasteiger partial charge < -0.3 is 38.2 Å². The number of fused-ring (bicyclic) bond motifs is 2. The van der Waals surface area contributed by atoms with Gasteiger partial charge in [-0.2, -0.15) is 10.5 Å². The van der Waals surface area contributed by atoms with E-state index >= 15 is 8.78 Å². The number of halogens is 2. The molecule has 27 heteroatoms. The lowest BCUT2D eigenvalue weighted by Gasteiger charge is -2.37. The van der Waals surface area contributed by atoms with Crippen molar-refractivity contribution in [3.05, 3.63) is 97.1 Å². The van der Waals surface area contributed by atoms with Crippen molar-refractivity contribution in [2.45, 2.75) is 115 Å². The maximum absolute atomic E-state index is 17.6. The third-order valence-electron chi connectivity index (χ3n) is 11.8. The Morgan fingerprint density at radius 1 is 0.770 bits per heavy atom. The predicted molar refractivity (Wildman–Crippen MR) is 271 cm³/mol. The lowest BCUT2D eigenvalue weighted by molar-refractivity contribution is -0.0235. The minimum Gasteiger partial charge on any atom is -0.349 e. The fourth-order valence-corrected chi connectivity index (χ4v) is 12.5. The van der Waals surface area contributed by atoms with E-state index in [4.69, 9.17) is 39.4 Å². The molecule has 2 fully saturated rings. The van der Waals surface area contributed by atoms with Crippen LogP contribution in [-0.4, -0.2) is 124 Å². The van der Waals surface area contributed by atoms with Crippen molar-refractivity contribution in [1.29, 1.82) is 10.5 Å². The largest absolute Gasteiger partial charge is 0.349 e. The summed E-state index contributed by atoms with van der Waals surface area (Å²) in [6.45, 7) is 5.19. The molecule has 2 amide bonds. The Morgan fingerprint density at radius 2 is 1.27 bits per heavy atom. The Balaban J connectivity index is 1.07. The van der Waals surface area contributed by atoms with E-state index in [0.29, 0.717) is 11.1 Å². The molecule has 2 saturated heterocycles. The lowest BCUT2D eigenvalue weighted by atomic mass is 10.1. The minimum absolute atomic E-state index is 0.00179. The van der Waals surface area contributed by atoms with Crippen molar-refractivity contribution >= 4 is 72.8 Å². The first kappa shape index (κ1) is 54.3. The van der Waals surface area contributed by atoms with E-state index in [1.807, 2.05) is 38.4 Å². The van der Waals surface area contributed by atoms with Crippen LogP contribution in [0.25, 0.3) is 22.3 Å². The van der Waals surface area contributed by atoms with Gasteiger partial charge in [-0.05, 0) is 70.2 Å². The SMILES string of the molecule is CC[C@H]1O[C@@H](n2cnc3c(NC(=O)c4ccccc4)ncnc32)[C@H](F)[C@@H]1OP(=S)(NC[C@H]1O[C@@H](n2cnc3c(NC(=O)c4ccccc4)ncnc32)[C@H](F)[C@@H]1OP(OCCC#N)N(C(C)C)C(C)C)OCCC#N. The van der Waals surface area contributed by atoms with Crippen LogP contribution in [0, 0.1) is 22.7 Å². The Bertz CT molecular complexity index is 3020. The van der Waals surface area contributed by atoms with Crippen molar-refractivity contribution < 1.29 is 45.9 Å². The number of alkyl halides is 2. The maximum atomic E-state index is 17.6. The van der Waals surface area contributed by atoms with Gasteiger partial charge in [-0.3, -0.25) is 18.7 Å². The van der Waals surface area contributed by atoms with Crippen LogP contribution in [0.4, 0.5) is 20.4 Å². The standard InChI is InChI=1S/C47H54F2N14O8P2S/c1-6-32-39(35(49)47(68-32)62-27-57-37-41(53-25-55-43(37)62)60-45(65)31-17-11-8-12-18-31)71-73(74,67-22-14-20-51)58-23-33-38(70-72(66-21-13-19-50)63(28(2)3)29(4)5)34(48)46(69-33)61-26-56-36-40(52-24-54-42(36)61)59-44(64)30-15-9-7-10-16-30/h7-12,15-18,24-29,32-35,38-39,46-47H,6,13-14,21-23H2,1-5H3,(H,58,74)(H,52,54,59,64)(H,53,55,60,65)/t32-,33-,34-,35-,38-,39-,46-,47-,72?,73?/m1/s1. The van der Waals surface area contributed by atoms with E-state index in [9.17, 15) is 20.1 Å². The Morgan fingerprint density at radius 3 is 1.77 bits per heavy atom. The highest BCUT2D eigenvalue weighted by atomic mass is 32.5. The number of hydrogen-bond acceptors (Lipinski definition) is 18. The number of nitrogens with one attached hydrogen (secondary N) is 3. The first-order chi connectivity index (χ1) is 35.7. The number of aromatic nitrogens is 8. The summed E-state index contributed by atoms with van der Waals surface area (Å²) in [6.07, 6.45) is -6.14. The van der Waals surface area contributed by atoms with Crippen molar-refractivity contribution in [3.63, 3.8) is 0 Å². The van der Waals surface area contributed by atoms with Crippen molar-refractivity contribution in [3.8, 4) is 12.1 Å². The van der Waals surface area contributed by atoms with Crippen molar-refractivity contribution in [1.82, 2.24) is 48.8 Å². The van der Waals surface area contributed by atoms with Crippen LogP contribution in [0.1, 0.15) is 87.1 Å². The van der Waals surface area contributed by atoms with E-state index in [-0.39, 0.29) is 85.1 Å². The van der Waals surface area contributed by atoms with Crippen LogP contribution in [0.3, 0.4) is 0 Å². The number of hydrogen-bond donors (Lipinski definition) is 3. The first-order valence-corrected chi connectivity index (χ1v) is 27.5. The Kier molecular flexibility index (Phi) is 18.1. The average molecular weight is 1080 g/mol. The number of amides is 2. The molecule has 0 spiro atoms. The zero-order valence-electron chi connectivity index (χ0n) is 40.8. The lowest BCUT2D eigenvalue weighted by Crippen LogP contribution is -2.41. The van der Waals surface area contributed by atoms with Crippen LogP contribution in [0.15, 0.2) is 86.0 Å². The van der Waals surface area contributed by atoms with Crippen LogP contribution in [0.5, 0.6) is 0 Å². The smallest absolute Gasteiger partial charge is 0.261 e. The second-order valence-electron chi connectivity index (χ2n) is 17.4. The van der Waals surface area contributed by atoms with Gasteiger partial charge in [0.25, 0.3) is 27.0 Å². The molecule has 0 saturated carbocycles. The number of anilines is 2. The molecule has 2 aromatic carbocycles. The molecule has 6 aromatic rings. The number of nitrogens with zero attached hydrogens (tertiary/aromatic N) is 11. The highest BCUT2D eigenvalue weighted by Crippen LogP contribution is 2.53. The Hall–Kier alpha value is -5.92. The van der Waals surface area contributed by atoms with Gasteiger partial charge in [-0.1, -0.05) is 43.3 Å². The van der Waals surface area contributed by atoms with Crippen molar-refractivity contribution in [2.75, 3.05) is 30.4 Å². The third-order valence-corrected chi connectivity index (χ3v) is 16.5. The molecule has 390 valence electrons. The molecule has 6 heterocycles. The van der Waals surface area contributed by atoms with Gasteiger partial charge in [0.15, 0.2) is 58.8 Å². The fraction of sp³-hybridized carbons (Fsp3) is 0.447. The zero-order chi connectivity index (χ0) is 52.5. The monoisotopic (exact) mass is 1070 g/mol. The molecule has 2 aliphatic heterocycles. The summed E-state index contributed by atoms with van der Waals surface area (Å²) < 4.78 is 77.6. The van der Waals surface area contributed by atoms with Gasteiger partial charge in [0, 0.05) is 29.8 Å². The number of imidazole rings is 2. The number of carbonyl (C=O) groups is 2. The highest BCUT2D eigenvalue weighted by molar-refractivity contribution is 8.09. The normalized spacial score (nSPS) is 23.0. The number of rotatable bonds is 23. The molecule has 0 radical (unpaired) electrons. The summed E-state index contributed by atoms with van der Waals surface area (Å²) in [7, 11) is -2.04. The molecule has 2 unspecified atom stereocenters. The number of nitriles is 2. The van der Waals surface area contributed by atoms with Crippen LogP contribution < -0.4 is 15.7 Å². The van der Waals surface area contributed by atoms with Gasteiger partial charge in [0.2, 0.25) is 0 Å². The average Bonchev–Trinajstić information content (AvgIpc) is 4.17. The van der Waals surface area contributed by atoms with Gasteiger partial charge >= 0.3 is 0 Å². The summed E-state index contributed by atoms with van der Waals surface area (Å²) in [6, 6.07) is 20.8.